The molecule has 0 bridgehead atoms. The summed E-state index contributed by atoms with van der Waals surface area (Å²) in [4.78, 5) is 4.39. The molecule has 0 unspecified atom stereocenters. The molecule has 0 aliphatic heterocycles. The topological polar surface area (TPSA) is 48.1 Å². The summed E-state index contributed by atoms with van der Waals surface area (Å²) in [5, 5.41) is 0. The Morgan fingerprint density at radius 1 is 1.11 bits per heavy atom. The van der Waals surface area contributed by atoms with Gasteiger partial charge in [0.1, 0.15) is 5.75 Å². The first-order valence-electron chi connectivity index (χ1n) is 6.54. The fourth-order valence-corrected chi connectivity index (χ4v) is 1.88. The van der Waals surface area contributed by atoms with Crippen molar-refractivity contribution in [1.29, 1.82) is 0 Å². The van der Waals surface area contributed by atoms with Gasteiger partial charge in [0.05, 0.1) is 0 Å². The smallest absolute Gasteiger partial charge is 0.219 e. The van der Waals surface area contributed by atoms with Crippen LogP contribution in [0.4, 0.5) is 0 Å². The maximum absolute atomic E-state index is 5.74. The Hall–Kier alpha value is -1.87. The summed E-state index contributed by atoms with van der Waals surface area (Å²) in [7, 11) is 0. The van der Waals surface area contributed by atoms with E-state index in [1.54, 1.807) is 0 Å². The molecule has 0 fully saturated rings. The molecule has 3 heteroatoms. The van der Waals surface area contributed by atoms with Gasteiger partial charge in [-0.2, -0.15) is 0 Å². The van der Waals surface area contributed by atoms with Gasteiger partial charge in [-0.3, -0.25) is 0 Å². The first-order chi connectivity index (χ1) is 9.10. The van der Waals surface area contributed by atoms with E-state index in [0.29, 0.717) is 18.3 Å². The van der Waals surface area contributed by atoms with Crippen LogP contribution in [0.1, 0.15) is 36.6 Å². The number of benzene rings is 1. The summed E-state index contributed by atoms with van der Waals surface area (Å²) in [6, 6.07) is 11.9. The maximum Gasteiger partial charge on any atom is 0.219 e. The Labute approximate surface area is 114 Å². The van der Waals surface area contributed by atoms with E-state index < -0.39 is 0 Å². The Bertz CT molecular complexity index is 547. The fourth-order valence-electron chi connectivity index (χ4n) is 1.88. The van der Waals surface area contributed by atoms with Gasteiger partial charge in [0.15, 0.2) is 0 Å². The molecule has 1 aromatic heterocycles. The van der Waals surface area contributed by atoms with E-state index in [-0.39, 0.29) is 0 Å². The summed E-state index contributed by atoms with van der Waals surface area (Å²) >= 11 is 0. The van der Waals surface area contributed by atoms with Crippen LogP contribution in [-0.2, 0) is 6.54 Å². The molecule has 0 amide bonds. The fraction of sp³-hybridized carbons (Fsp3) is 0.312. The number of aromatic nitrogens is 1. The average molecular weight is 256 g/mol. The minimum atomic E-state index is 0.502. The van der Waals surface area contributed by atoms with Crippen LogP contribution in [0.25, 0.3) is 0 Å². The van der Waals surface area contributed by atoms with E-state index >= 15 is 0 Å². The summed E-state index contributed by atoms with van der Waals surface area (Å²) in [5.74, 6) is 1.93. The van der Waals surface area contributed by atoms with Crippen LogP contribution >= 0.6 is 0 Å². The summed E-state index contributed by atoms with van der Waals surface area (Å²) in [5.41, 5.74) is 8.88. The lowest BCUT2D eigenvalue weighted by Crippen LogP contribution is -2.01. The Morgan fingerprint density at radius 2 is 1.79 bits per heavy atom. The molecule has 19 heavy (non-hydrogen) atoms. The first kappa shape index (κ1) is 13.6. The maximum atomic E-state index is 5.74. The Balaban J connectivity index is 2.14. The van der Waals surface area contributed by atoms with Crippen LogP contribution < -0.4 is 10.5 Å². The zero-order valence-electron chi connectivity index (χ0n) is 11.7. The summed E-state index contributed by atoms with van der Waals surface area (Å²) in [6.07, 6.45) is 0. The van der Waals surface area contributed by atoms with E-state index in [9.17, 15) is 0 Å². The normalized spacial score (nSPS) is 10.8. The molecular weight excluding hydrogens is 236 g/mol. The van der Waals surface area contributed by atoms with Crippen LogP contribution in [-0.4, -0.2) is 4.98 Å². The minimum Gasteiger partial charge on any atom is -0.439 e. The van der Waals surface area contributed by atoms with Gasteiger partial charge in [-0.25, -0.2) is 4.98 Å². The van der Waals surface area contributed by atoms with Gasteiger partial charge in [0, 0.05) is 18.3 Å². The molecule has 1 heterocycles. The number of aryl methyl sites for hydroxylation is 1. The van der Waals surface area contributed by atoms with E-state index in [2.05, 4.69) is 31.0 Å². The average Bonchev–Trinajstić information content (AvgIpc) is 2.39. The van der Waals surface area contributed by atoms with Crippen LogP contribution in [0, 0.1) is 6.92 Å². The predicted molar refractivity (Wildman–Crippen MR) is 77.5 cm³/mol. The highest BCUT2D eigenvalue weighted by atomic mass is 16.5. The molecule has 3 nitrogen and oxygen atoms in total. The van der Waals surface area contributed by atoms with Crippen molar-refractivity contribution in [3.05, 3.63) is 53.2 Å². The highest BCUT2D eigenvalue weighted by Crippen LogP contribution is 2.23. The SMILES string of the molecule is Cc1nc(Oc2ccc(C(C)C)cc2)ccc1CN. The van der Waals surface area contributed by atoms with Gasteiger partial charge in [0.25, 0.3) is 0 Å². The van der Waals surface area contributed by atoms with Gasteiger partial charge in [0.2, 0.25) is 5.88 Å². The van der Waals surface area contributed by atoms with E-state index in [4.69, 9.17) is 10.5 Å². The van der Waals surface area contributed by atoms with Crippen molar-refractivity contribution in [2.45, 2.75) is 33.2 Å². The van der Waals surface area contributed by atoms with Crippen molar-refractivity contribution in [2.24, 2.45) is 5.73 Å². The van der Waals surface area contributed by atoms with Crippen molar-refractivity contribution < 1.29 is 4.74 Å². The molecule has 2 rings (SSSR count). The number of hydrogen-bond acceptors (Lipinski definition) is 3. The zero-order chi connectivity index (χ0) is 13.8. The number of pyridine rings is 1. The Kier molecular flexibility index (Phi) is 4.17. The molecule has 0 aliphatic carbocycles. The molecule has 0 aliphatic rings. The highest BCUT2D eigenvalue weighted by Gasteiger charge is 2.04. The summed E-state index contributed by atoms with van der Waals surface area (Å²) < 4.78 is 5.74. The monoisotopic (exact) mass is 256 g/mol. The lowest BCUT2D eigenvalue weighted by molar-refractivity contribution is 0.461. The van der Waals surface area contributed by atoms with Crippen molar-refractivity contribution >= 4 is 0 Å². The van der Waals surface area contributed by atoms with Crippen LogP contribution in [0.5, 0.6) is 11.6 Å². The van der Waals surface area contributed by atoms with Gasteiger partial charge < -0.3 is 10.5 Å². The molecule has 2 aromatic rings. The number of nitrogens with two attached hydrogens (primary N) is 1. The number of rotatable bonds is 4. The molecule has 2 N–H and O–H groups in total. The highest BCUT2D eigenvalue weighted by molar-refractivity contribution is 5.33. The van der Waals surface area contributed by atoms with Gasteiger partial charge >= 0.3 is 0 Å². The van der Waals surface area contributed by atoms with Crippen molar-refractivity contribution in [3.63, 3.8) is 0 Å². The number of hydrogen-bond donors (Lipinski definition) is 1. The van der Waals surface area contributed by atoms with E-state index in [1.165, 1.54) is 5.56 Å². The van der Waals surface area contributed by atoms with E-state index in [1.807, 2.05) is 31.2 Å². The number of nitrogens with zero attached hydrogens (tertiary/aromatic N) is 1. The van der Waals surface area contributed by atoms with Gasteiger partial charge in [-0.05, 0) is 36.1 Å². The molecule has 0 atom stereocenters. The summed E-state index contributed by atoms with van der Waals surface area (Å²) in [6.45, 7) is 6.79. The third-order valence-electron chi connectivity index (χ3n) is 3.16. The zero-order valence-corrected chi connectivity index (χ0v) is 11.7. The molecular formula is C16H20N2O. The minimum absolute atomic E-state index is 0.502. The van der Waals surface area contributed by atoms with Crippen LogP contribution in [0.3, 0.4) is 0 Å². The van der Waals surface area contributed by atoms with Crippen molar-refractivity contribution in [1.82, 2.24) is 4.98 Å². The quantitative estimate of drug-likeness (QED) is 0.906. The van der Waals surface area contributed by atoms with E-state index in [0.717, 1.165) is 17.0 Å². The second kappa shape index (κ2) is 5.85. The molecule has 1 aromatic carbocycles. The molecule has 0 saturated heterocycles. The van der Waals surface area contributed by atoms with Crippen LogP contribution in [0.2, 0.25) is 0 Å². The first-order valence-corrected chi connectivity index (χ1v) is 6.54. The van der Waals surface area contributed by atoms with Crippen LogP contribution in [0.15, 0.2) is 36.4 Å². The predicted octanol–water partition coefficient (Wildman–Crippen LogP) is 3.76. The molecule has 0 spiro atoms. The molecule has 0 radical (unpaired) electrons. The standard InChI is InChI=1S/C16H20N2O/c1-11(2)13-4-7-15(8-5-13)19-16-9-6-14(10-17)12(3)18-16/h4-9,11H,10,17H2,1-3H3. The second-order valence-electron chi connectivity index (χ2n) is 4.92. The molecule has 100 valence electrons. The number of ether oxygens (including phenoxy) is 1. The molecule has 0 saturated carbocycles. The van der Waals surface area contributed by atoms with Gasteiger partial charge in [-0.1, -0.05) is 32.0 Å². The lowest BCUT2D eigenvalue weighted by atomic mass is 10.0. The largest absolute Gasteiger partial charge is 0.439 e. The third kappa shape index (κ3) is 3.32. The second-order valence-corrected chi connectivity index (χ2v) is 4.92. The van der Waals surface area contributed by atoms with Crippen molar-refractivity contribution in [2.75, 3.05) is 0 Å². The lowest BCUT2D eigenvalue weighted by Gasteiger charge is -2.09. The Morgan fingerprint density at radius 3 is 2.32 bits per heavy atom. The van der Waals surface area contributed by atoms with Crippen molar-refractivity contribution in [3.8, 4) is 11.6 Å². The van der Waals surface area contributed by atoms with Gasteiger partial charge in [-0.15, -0.1) is 0 Å². The third-order valence-corrected chi connectivity index (χ3v) is 3.16.